The highest BCUT2D eigenvalue weighted by atomic mass is 16.6. The Bertz CT molecular complexity index is 1500. The van der Waals surface area contributed by atoms with Gasteiger partial charge in [-0.1, -0.05) is 40.0 Å². The molecule has 2 aromatic rings. The minimum Gasteiger partial charge on any atom is -0.480 e. The molecule has 3 fully saturated rings. The molecular formula is C33H41N5O6. The number of aryl methyl sites for hydroxylation is 1. The van der Waals surface area contributed by atoms with E-state index in [1.165, 1.54) is 11.3 Å². The lowest BCUT2D eigenvalue weighted by Gasteiger charge is -2.35. The maximum absolute atomic E-state index is 14.0. The van der Waals surface area contributed by atoms with Crippen LogP contribution >= 0.6 is 0 Å². The highest BCUT2D eigenvalue weighted by Gasteiger charge is 2.54. The number of hydrogen-bond donors (Lipinski definition) is 2. The number of carboxylic acid groups (broad SMARTS) is 1. The van der Waals surface area contributed by atoms with Crippen LogP contribution in [-0.2, 0) is 20.7 Å². The lowest BCUT2D eigenvalue weighted by Crippen LogP contribution is -2.57. The lowest BCUT2D eigenvalue weighted by atomic mass is 9.85. The van der Waals surface area contributed by atoms with Gasteiger partial charge in [-0.25, -0.2) is 19.6 Å². The number of nitriles is 1. The second-order valence-corrected chi connectivity index (χ2v) is 14.0. The quantitative estimate of drug-likeness (QED) is 0.476. The Morgan fingerprint density at radius 2 is 1.84 bits per heavy atom. The first kappa shape index (κ1) is 30.1. The zero-order valence-electron chi connectivity index (χ0n) is 25.6. The average molecular weight is 604 g/mol. The Morgan fingerprint density at radius 1 is 1.05 bits per heavy atom. The summed E-state index contributed by atoms with van der Waals surface area (Å²) in [6.45, 7) is 5.53. The second kappa shape index (κ2) is 11.9. The Morgan fingerprint density at radius 3 is 2.59 bits per heavy atom. The molecule has 2 amide bonds. The number of nitrogens with one attached hydrogen (secondary N) is 1. The van der Waals surface area contributed by atoms with Gasteiger partial charge in [0.1, 0.15) is 30.0 Å². The van der Waals surface area contributed by atoms with Crippen LogP contribution in [0.2, 0.25) is 0 Å². The summed E-state index contributed by atoms with van der Waals surface area (Å²) in [4.78, 5) is 50.5. The van der Waals surface area contributed by atoms with E-state index in [0.29, 0.717) is 52.3 Å². The number of rotatable bonds is 1. The van der Waals surface area contributed by atoms with Crippen molar-refractivity contribution in [2.75, 3.05) is 6.54 Å². The fraction of sp³-hybridized carbons (Fsp3) is 0.636. The third kappa shape index (κ3) is 6.17. The van der Waals surface area contributed by atoms with Crippen molar-refractivity contribution in [3.8, 4) is 11.9 Å². The monoisotopic (exact) mass is 603 g/mol. The van der Waals surface area contributed by atoms with Crippen molar-refractivity contribution in [1.29, 1.82) is 5.26 Å². The highest BCUT2D eigenvalue weighted by Crippen LogP contribution is 2.57. The van der Waals surface area contributed by atoms with Gasteiger partial charge in [0.15, 0.2) is 0 Å². The molecule has 7 atom stereocenters. The molecule has 2 aliphatic carbocycles. The van der Waals surface area contributed by atoms with Gasteiger partial charge in [-0.3, -0.25) is 4.79 Å². The molecule has 11 nitrogen and oxygen atoms in total. The molecule has 1 aromatic heterocycles. The van der Waals surface area contributed by atoms with Crippen molar-refractivity contribution in [3.63, 3.8) is 0 Å². The molecule has 44 heavy (non-hydrogen) atoms. The van der Waals surface area contributed by atoms with Gasteiger partial charge in [-0.15, -0.1) is 0 Å². The van der Waals surface area contributed by atoms with Crippen molar-refractivity contribution in [1.82, 2.24) is 20.2 Å². The number of carbonyl (C=O) groups is 3. The molecule has 1 saturated heterocycles. The van der Waals surface area contributed by atoms with Gasteiger partial charge in [0, 0.05) is 6.42 Å². The number of carbonyl (C=O) groups excluding carboxylic acids is 2. The summed E-state index contributed by atoms with van der Waals surface area (Å²) in [5, 5.41) is 22.3. The van der Waals surface area contributed by atoms with E-state index >= 15 is 0 Å². The van der Waals surface area contributed by atoms with E-state index in [2.05, 4.69) is 11.4 Å². The van der Waals surface area contributed by atoms with Crippen LogP contribution in [0.3, 0.4) is 0 Å². The molecule has 11 heteroatoms. The molecule has 2 aliphatic heterocycles. The molecule has 1 aromatic carbocycles. The number of ether oxygens (including phenoxy) is 2. The average Bonchev–Trinajstić information content (AvgIpc) is 3.46. The van der Waals surface area contributed by atoms with Crippen LogP contribution in [0, 0.1) is 34.5 Å². The zero-order chi connectivity index (χ0) is 31.2. The molecule has 2 saturated carbocycles. The van der Waals surface area contributed by atoms with Crippen LogP contribution in [0.1, 0.15) is 83.4 Å². The SMILES string of the molecule is CC(C)(C)[C@@H]1NC(=O)O[C@@H]2CC3C[C@@H]3[C@H]2CCCCCCc2nc3ccc(C#N)cc3nc2O[C@@H]2C[C@@H](C(=O)O)N(C2)C1=O. The lowest BCUT2D eigenvalue weighted by molar-refractivity contribution is -0.150. The molecule has 2 bridgehead atoms. The molecule has 0 spiro atoms. The topological polar surface area (TPSA) is 155 Å². The third-order valence-corrected chi connectivity index (χ3v) is 9.81. The van der Waals surface area contributed by atoms with Crippen LogP contribution < -0.4 is 10.1 Å². The predicted octanol–water partition coefficient (Wildman–Crippen LogP) is 4.61. The summed E-state index contributed by atoms with van der Waals surface area (Å²) in [6, 6.07) is 5.14. The second-order valence-electron chi connectivity index (χ2n) is 14.0. The van der Waals surface area contributed by atoms with Crippen molar-refractivity contribution in [3.05, 3.63) is 29.5 Å². The summed E-state index contributed by atoms with van der Waals surface area (Å²) in [7, 11) is 0. The summed E-state index contributed by atoms with van der Waals surface area (Å²) >= 11 is 0. The van der Waals surface area contributed by atoms with E-state index in [1.807, 2.05) is 20.8 Å². The first-order chi connectivity index (χ1) is 21.0. The molecule has 234 valence electrons. The fourth-order valence-electron chi connectivity index (χ4n) is 7.40. The number of fused-ring (bicyclic) bond motifs is 7. The summed E-state index contributed by atoms with van der Waals surface area (Å²) < 4.78 is 12.3. The number of nitrogens with zero attached hydrogens (tertiary/aromatic N) is 4. The van der Waals surface area contributed by atoms with E-state index in [4.69, 9.17) is 19.4 Å². The van der Waals surface area contributed by atoms with Gasteiger partial charge in [-0.2, -0.15) is 5.26 Å². The first-order valence-electron chi connectivity index (χ1n) is 15.9. The minimum atomic E-state index is -1.14. The summed E-state index contributed by atoms with van der Waals surface area (Å²) in [6.07, 6.45) is 6.31. The van der Waals surface area contributed by atoms with Crippen LogP contribution in [0.4, 0.5) is 4.79 Å². The van der Waals surface area contributed by atoms with Gasteiger partial charge in [0.05, 0.1) is 29.2 Å². The molecule has 6 rings (SSSR count). The largest absolute Gasteiger partial charge is 0.480 e. The molecular weight excluding hydrogens is 562 g/mol. The normalized spacial score (nSPS) is 31.1. The maximum atomic E-state index is 14.0. The number of hydrogen-bond acceptors (Lipinski definition) is 8. The number of aromatic nitrogens is 2. The van der Waals surface area contributed by atoms with E-state index in [9.17, 15) is 24.8 Å². The Hall–Kier alpha value is -3.94. The van der Waals surface area contributed by atoms with Crippen LogP contribution in [0.15, 0.2) is 18.2 Å². The molecule has 3 heterocycles. The van der Waals surface area contributed by atoms with Gasteiger partial charge < -0.3 is 24.8 Å². The molecule has 2 N–H and O–H groups in total. The van der Waals surface area contributed by atoms with Crippen molar-refractivity contribution < 1.29 is 29.0 Å². The minimum absolute atomic E-state index is 0.0184. The van der Waals surface area contributed by atoms with E-state index in [-0.39, 0.29) is 19.1 Å². The summed E-state index contributed by atoms with van der Waals surface area (Å²) in [5.74, 6) is 0.226. The van der Waals surface area contributed by atoms with E-state index < -0.39 is 41.6 Å². The fourth-order valence-corrected chi connectivity index (χ4v) is 7.40. The van der Waals surface area contributed by atoms with Gasteiger partial charge in [0.25, 0.3) is 0 Å². The van der Waals surface area contributed by atoms with Crippen LogP contribution in [0.25, 0.3) is 11.0 Å². The highest BCUT2D eigenvalue weighted by molar-refractivity contribution is 5.90. The maximum Gasteiger partial charge on any atom is 0.408 e. The van der Waals surface area contributed by atoms with Crippen molar-refractivity contribution in [2.24, 2.45) is 23.2 Å². The van der Waals surface area contributed by atoms with Gasteiger partial charge in [0.2, 0.25) is 11.8 Å². The van der Waals surface area contributed by atoms with E-state index in [1.54, 1.807) is 18.2 Å². The Labute approximate surface area is 257 Å². The zero-order valence-corrected chi connectivity index (χ0v) is 25.6. The number of benzene rings is 1. The molecule has 4 aliphatic rings. The molecule has 0 radical (unpaired) electrons. The van der Waals surface area contributed by atoms with Gasteiger partial charge in [-0.05, 0) is 73.5 Å². The number of alkyl carbamates (subject to hydrolysis) is 1. The number of carboxylic acids is 1. The number of amides is 2. The smallest absolute Gasteiger partial charge is 0.408 e. The molecule has 1 unspecified atom stereocenters. The van der Waals surface area contributed by atoms with E-state index in [0.717, 1.165) is 38.5 Å². The van der Waals surface area contributed by atoms with Crippen LogP contribution in [0.5, 0.6) is 5.88 Å². The Kier molecular flexibility index (Phi) is 8.12. The van der Waals surface area contributed by atoms with Crippen molar-refractivity contribution in [2.45, 2.75) is 103 Å². The summed E-state index contributed by atoms with van der Waals surface area (Å²) in [5.41, 5.74) is 1.60. The Balaban J connectivity index is 1.32. The van der Waals surface area contributed by atoms with Crippen LogP contribution in [-0.4, -0.2) is 68.8 Å². The van der Waals surface area contributed by atoms with Crippen molar-refractivity contribution >= 4 is 29.0 Å². The first-order valence-corrected chi connectivity index (χ1v) is 15.9. The number of aliphatic carboxylic acids is 1. The third-order valence-electron chi connectivity index (χ3n) is 9.81. The predicted molar refractivity (Wildman–Crippen MR) is 160 cm³/mol. The van der Waals surface area contributed by atoms with Gasteiger partial charge >= 0.3 is 12.1 Å². The standard InChI is InChI=1S/C33H41N5O6/c1-33(2,3)28-30(39)38-17-20(15-26(38)31(40)41)43-29-24(35-23-11-10-18(16-34)12-25(23)36-29)9-7-5-4-6-8-21-22-13-19(22)14-27(21)44-32(42)37-28/h10-12,19-22,26-28H,4-9,13-15,17H2,1-3H3,(H,37,42)(H,40,41)/t19?,20-,21-,22+,26+,27-,28-/m1/s1.